The van der Waals surface area contributed by atoms with E-state index in [0.29, 0.717) is 30.6 Å². The smallest absolute Gasteiger partial charge is 0.129 e. The van der Waals surface area contributed by atoms with Crippen LogP contribution in [0, 0.1) is 11.6 Å². The van der Waals surface area contributed by atoms with Crippen LogP contribution in [0.3, 0.4) is 0 Å². The van der Waals surface area contributed by atoms with Crippen molar-refractivity contribution < 1.29 is 8.78 Å². The van der Waals surface area contributed by atoms with Crippen LogP contribution in [0.4, 0.5) is 8.78 Å². The molecule has 0 saturated heterocycles. The topological polar surface area (TPSA) is 24.1 Å². The van der Waals surface area contributed by atoms with E-state index in [1.54, 1.807) is 0 Å². The second kappa shape index (κ2) is 6.25. The van der Waals surface area contributed by atoms with E-state index in [0.717, 1.165) is 12.6 Å². The Morgan fingerprint density at radius 2 is 2.11 bits per heavy atom. The molecule has 1 aromatic carbocycles. The van der Waals surface area contributed by atoms with Crippen LogP contribution in [0.15, 0.2) is 18.2 Å². The van der Waals surface area contributed by atoms with Crippen molar-refractivity contribution in [3.05, 3.63) is 35.4 Å². The molecule has 100 valence electrons. The molecule has 1 unspecified atom stereocenters. The number of hydrogen-bond acceptors (Lipinski definition) is 2. The van der Waals surface area contributed by atoms with Crippen molar-refractivity contribution in [1.29, 1.82) is 0 Å². The van der Waals surface area contributed by atoms with E-state index in [1.807, 2.05) is 0 Å². The van der Waals surface area contributed by atoms with E-state index < -0.39 is 11.6 Å². The summed E-state index contributed by atoms with van der Waals surface area (Å²) in [5.41, 5.74) is 0.561. The van der Waals surface area contributed by atoms with E-state index in [9.17, 15) is 8.78 Å². The summed E-state index contributed by atoms with van der Waals surface area (Å²) < 4.78 is 26.1. The monoisotopic (exact) mass is 254 g/mol. The van der Waals surface area contributed by atoms with Gasteiger partial charge in [-0.3, -0.25) is 0 Å². The van der Waals surface area contributed by atoms with Gasteiger partial charge in [-0.2, -0.15) is 0 Å². The summed E-state index contributed by atoms with van der Waals surface area (Å²) in [5, 5.41) is 6.77. The van der Waals surface area contributed by atoms with Gasteiger partial charge < -0.3 is 10.6 Å². The predicted molar refractivity (Wildman–Crippen MR) is 68.6 cm³/mol. The lowest BCUT2D eigenvalue weighted by atomic mass is 10.1. The minimum absolute atomic E-state index is 0.370. The molecule has 0 aromatic heterocycles. The van der Waals surface area contributed by atoms with Gasteiger partial charge in [0.1, 0.15) is 11.6 Å². The summed E-state index contributed by atoms with van der Waals surface area (Å²) in [6.07, 6.45) is 3.15. The van der Waals surface area contributed by atoms with Crippen LogP contribution in [-0.4, -0.2) is 25.2 Å². The third-order valence-electron chi connectivity index (χ3n) is 3.19. The molecule has 0 heterocycles. The zero-order valence-electron chi connectivity index (χ0n) is 10.7. The molecular formula is C14H20F2N2. The fourth-order valence-corrected chi connectivity index (χ4v) is 1.88. The van der Waals surface area contributed by atoms with E-state index in [1.165, 1.54) is 25.0 Å². The van der Waals surface area contributed by atoms with Crippen LogP contribution in [0.2, 0.25) is 0 Å². The molecule has 1 aromatic rings. The van der Waals surface area contributed by atoms with Crippen molar-refractivity contribution in [1.82, 2.24) is 10.6 Å². The molecule has 1 aliphatic carbocycles. The van der Waals surface area contributed by atoms with Gasteiger partial charge in [0.25, 0.3) is 0 Å². The lowest BCUT2D eigenvalue weighted by Crippen LogP contribution is -2.38. The van der Waals surface area contributed by atoms with E-state index in [-0.39, 0.29) is 0 Å². The SMILES string of the molecule is CC(CNC1CC1)NCCc1ccc(F)cc1F. The summed E-state index contributed by atoms with van der Waals surface area (Å²) in [5.74, 6) is -0.980. The molecule has 0 spiro atoms. The van der Waals surface area contributed by atoms with Crippen LogP contribution in [0.1, 0.15) is 25.3 Å². The summed E-state index contributed by atoms with van der Waals surface area (Å²) in [6, 6.07) is 4.83. The van der Waals surface area contributed by atoms with Crippen molar-refractivity contribution in [2.24, 2.45) is 0 Å². The Hall–Kier alpha value is -1.00. The van der Waals surface area contributed by atoms with E-state index in [4.69, 9.17) is 0 Å². The first-order valence-corrected chi connectivity index (χ1v) is 6.56. The Bertz CT molecular complexity index is 391. The van der Waals surface area contributed by atoms with Gasteiger partial charge in [-0.1, -0.05) is 6.07 Å². The molecule has 0 bridgehead atoms. The van der Waals surface area contributed by atoms with Crippen molar-refractivity contribution in [3.8, 4) is 0 Å². The molecule has 2 nitrogen and oxygen atoms in total. The quantitative estimate of drug-likeness (QED) is 0.780. The summed E-state index contributed by atoms with van der Waals surface area (Å²) in [6.45, 7) is 3.75. The number of halogens is 2. The van der Waals surface area contributed by atoms with Crippen molar-refractivity contribution in [2.45, 2.75) is 38.3 Å². The number of benzene rings is 1. The van der Waals surface area contributed by atoms with Gasteiger partial charge in [-0.25, -0.2) is 8.78 Å². The minimum atomic E-state index is -0.522. The molecule has 2 rings (SSSR count). The maximum absolute atomic E-state index is 13.4. The van der Waals surface area contributed by atoms with Gasteiger partial charge in [-0.15, -0.1) is 0 Å². The number of hydrogen-bond donors (Lipinski definition) is 2. The zero-order valence-corrected chi connectivity index (χ0v) is 10.7. The Labute approximate surface area is 107 Å². The highest BCUT2D eigenvalue weighted by molar-refractivity contribution is 5.18. The molecule has 1 fully saturated rings. The second-order valence-electron chi connectivity index (χ2n) is 5.02. The Morgan fingerprint density at radius 3 is 2.78 bits per heavy atom. The van der Waals surface area contributed by atoms with Gasteiger partial charge in [0.2, 0.25) is 0 Å². The molecule has 18 heavy (non-hydrogen) atoms. The highest BCUT2D eigenvalue weighted by Crippen LogP contribution is 2.18. The molecule has 4 heteroatoms. The highest BCUT2D eigenvalue weighted by Gasteiger charge is 2.20. The average Bonchev–Trinajstić information content (AvgIpc) is 3.13. The van der Waals surface area contributed by atoms with Crippen LogP contribution < -0.4 is 10.6 Å². The summed E-state index contributed by atoms with van der Waals surface area (Å²) in [7, 11) is 0. The number of nitrogens with one attached hydrogen (secondary N) is 2. The molecule has 1 aliphatic rings. The third kappa shape index (κ3) is 4.35. The first-order valence-electron chi connectivity index (χ1n) is 6.56. The molecule has 1 saturated carbocycles. The minimum Gasteiger partial charge on any atom is -0.313 e. The lowest BCUT2D eigenvalue weighted by Gasteiger charge is -2.14. The third-order valence-corrected chi connectivity index (χ3v) is 3.19. The van der Waals surface area contributed by atoms with Crippen LogP contribution in [0.5, 0.6) is 0 Å². The normalized spacial score (nSPS) is 16.8. The Morgan fingerprint density at radius 1 is 1.33 bits per heavy atom. The van der Waals surface area contributed by atoms with Gasteiger partial charge >= 0.3 is 0 Å². The average molecular weight is 254 g/mol. The molecular weight excluding hydrogens is 234 g/mol. The van der Waals surface area contributed by atoms with Gasteiger partial charge in [0, 0.05) is 24.7 Å². The van der Waals surface area contributed by atoms with Crippen LogP contribution in [0.25, 0.3) is 0 Å². The molecule has 0 amide bonds. The number of rotatable bonds is 7. The molecule has 0 aliphatic heterocycles. The molecule has 1 atom stereocenters. The standard InChI is InChI=1S/C14H20F2N2/c1-10(9-18-13-4-5-13)17-7-6-11-2-3-12(15)8-14(11)16/h2-3,8,10,13,17-18H,4-7,9H2,1H3. The maximum atomic E-state index is 13.4. The Kier molecular flexibility index (Phi) is 4.66. The fourth-order valence-electron chi connectivity index (χ4n) is 1.88. The molecule has 2 N–H and O–H groups in total. The summed E-state index contributed by atoms with van der Waals surface area (Å²) >= 11 is 0. The van der Waals surface area contributed by atoms with Crippen molar-refractivity contribution in [3.63, 3.8) is 0 Å². The van der Waals surface area contributed by atoms with Crippen LogP contribution in [-0.2, 0) is 6.42 Å². The van der Waals surface area contributed by atoms with Gasteiger partial charge in [-0.05, 0) is 44.4 Å². The predicted octanol–water partition coefficient (Wildman–Crippen LogP) is 2.24. The zero-order chi connectivity index (χ0) is 13.0. The largest absolute Gasteiger partial charge is 0.313 e. The van der Waals surface area contributed by atoms with Crippen LogP contribution >= 0.6 is 0 Å². The van der Waals surface area contributed by atoms with E-state index in [2.05, 4.69) is 17.6 Å². The highest BCUT2D eigenvalue weighted by atomic mass is 19.1. The lowest BCUT2D eigenvalue weighted by molar-refractivity contribution is 0.498. The first kappa shape index (κ1) is 13.4. The van der Waals surface area contributed by atoms with E-state index >= 15 is 0 Å². The first-order chi connectivity index (χ1) is 8.65. The molecule has 0 radical (unpaired) electrons. The Balaban J connectivity index is 1.67. The fraction of sp³-hybridized carbons (Fsp3) is 0.571. The second-order valence-corrected chi connectivity index (χ2v) is 5.02. The van der Waals surface area contributed by atoms with Gasteiger partial charge in [0.05, 0.1) is 0 Å². The maximum Gasteiger partial charge on any atom is 0.129 e. The summed E-state index contributed by atoms with van der Waals surface area (Å²) in [4.78, 5) is 0. The van der Waals surface area contributed by atoms with Gasteiger partial charge in [0.15, 0.2) is 0 Å². The van der Waals surface area contributed by atoms with Crippen molar-refractivity contribution >= 4 is 0 Å². The van der Waals surface area contributed by atoms with Crippen molar-refractivity contribution in [2.75, 3.05) is 13.1 Å².